The Kier molecular flexibility index (Phi) is 6.37. The molecule has 0 bridgehead atoms. The standard InChI is InChI=1S/C14H30N2/c1-5-10-16(12(2)3)11-14(15-4)13-8-6-7-9-13/h12-15H,5-11H2,1-4H3. The van der Waals surface area contributed by atoms with E-state index >= 15 is 0 Å². The SMILES string of the molecule is CCCN(CC(NC)C1CCCC1)C(C)C. The number of nitrogens with one attached hydrogen (secondary N) is 1. The Labute approximate surface area is 102 Å². The lowest BCUT2D eigenvalue weighted by Crippen LogP contribution is -2.46. The van der Waals surface area contributed by atoms with Crippen LogP contribution < -0.4 is 5.32 Å². The van der Waals surface area contributed by atoms with Crippen molar-refractivity contribution in [1.82, 2.24) is 10.2 Å². The molecule has 0 heterocycles. The van der Waals surface area contributed by atoms with E-state index in [1.165, 1.54) is 45.2 Å². The molecule has 16 heavy (non-hydrogen) atoms. The van der Waals surface area contributed by atoms with Crippen molar-refractivity contribution < 1.29 is 0 Å². The van der Waals surface area contributed by atoms with E-state index in [9.17, 15) is 0 Å². The predicted molar refractivity (Wildman–Crippen MR) is 71.8 cm³/mol. The molecule has 1 aliphatic carbocycles. The summed E-state index contributed by atoms with van der Waals surface area (Å²) in [5, 5.41) is 3.55. The minimum absolute atomic E-state index is 0.678. The van der Waals surface area contributed by atoms with E-state index in [-0.39, 0.29) is 0 Å². The van der Waals surface area contributed by atoms with Gasteiger partial charge in [-0.2, -0.15) is 0 Å². The fourth-order valence-electron chi connectivity index (χ4n) is 2.94. The number of rotatable bonds is 7. The highest BCUT2D eigenvalue weighted by atomic mass is 15.2. The quantitative estimate of drug-likeness (QED) is 0.718. The van der Waals surface area contributed by atoms with Crippen LogP contribution in [0.2, 0.25) is 0 Å². The minimum atomic E-state index is 0.678. The Balaban J connectivity index is 2.45. The Hall–Kier alpha value is -0.0800. The Morgan fingerprint density at radius 3 is 2.31 bits per heavy atom. The summed E-state index contributed by atoms with van der Waals surface area (Å²) in [6.45, 7) is 9.38. The lowest BCUT2D eigenvalue weighted by molar-refractivity contribution is 0.177. The Morgan fingerprint density at radius 2 is 1.88 bits per heavy atom. The zero-order valence-corrected chi connectivity index (χ0v) is 11.6. The van der Waals surface area contributed by atoms with Gasteiger partial charge < -0.3 is 5.32 Å². The summed E-state index contributed by atoms with van der Waals surface area (Å²) in [6.07, 6.45) is 7.02. The zero-order chi connectivity index (χ0) is 12.0. The van der Waals surface area contributed by atoms with Crippen LogP contribution in [0.5, 0.6) is 0 Å². The maximum atomic E-state index is 3.55. The maximum absolute atomic E-state index is 3.55. The maximum Gasteiger partial charge on any atom is 0.0220 e. The molecule has 0 aromatic rings. The smallest absolute Gasteiger partial charge is 0.0220 e. The van der Waals surface area contributed by atoms with Gasteiger partial charge in [-0.25, -0.2) is 0 Å². The molecule has 0 radical (unpaired) electrons. The molecule has 96 valence electrons. The summed E-state index contributed by atoms with van der Waals surface area (Å²) >= 11 is 0. The van der Waals surface area contributed by atoms with Gasteiger partial charge in [0.05, 0.1) is 0 Å². The highest BCUT2D eigenvalue weighted by Crippen LogP contribution is 2.28. The van der Waals surface area contributed by atoms with Crippen LogP contribution in [-0.2, 0) is 0 Å². The van der Waals surface area contributed by atoms with Crippen LogP contribution in [0.15, 0.2) is 0 Å². The molecule has 2 heteroatoms. The van der Waals surface area contributed by atoms with E-state index < -0.39 is 0 Å². The van der Waals surface area contributed by atoms with Crippen molar-refractivity contribution in [2.75, 3.05) is 20.1 Å². The van der Waals surface area contributed by atoms with Gasteiger partial charge in [0.25, 0.3) is 0 Å². The third-order valence-corrected chi connectivity index (χ3v) is 4.01. The molecule has 1 saturated carbocycles. The number of nitrogens with zero attached hydrogens (tertiary/aromatic N) is 1. The first-order valence-corrected chi connectivity index (χ1v) is 7.10. The monoisotopic (exact) mass is 226 g/mol. The van der Waals surface area contributed by atoms with Crippen LogP contribution in [0.25, 0.3) is 0 Å². The molecule has 0 aromatic heterocycles. The first-order valence-electron chi connectivity index (χ1n) is 7.10. The molecular weight excluding hydrogens is 196 g/mol. The first-order chi connectivity index (χ1) is 7.69. The van der Waals surface area contributed by atoms with Gasteiger partial charge in [0.1, 0.15) is 0 Å². The van der Waals surface area contributed by atoms with E-state index in [1.807, 2.05) is 0 Å². The van der Waals surface area contributed by atoms with Crippen molar-refractivity contribution in [2.45, 2.75) is 65.0 Å². The lowest BCUT2D eigenvalue weighted by atomic mass is 9.97. The van der Waals surface area contributed by atoms with Crippen LogP contribution >= 0.6 is 0 Å². The van der Waals surface area contributed by atoms with Gasteiger partial charge in [-0.1, -0.05) is 19.8 Å². The van der Waals surface area contributed by atoms with Crippen molar-refractivity contribution in [3.8, 4) is 0 Å². The van der Waals surface area contributed by atoms with Gasteiger partial charge in [0.2, 0.25) is 0 Å². The Bertz CT molecular complexity index is 174. The van der Waals surface area contributed by atoms with Crippen molar-refractivity contribution in [1.29, 1.82) is 0 Å². The average molecular weight is 226 g/mol. The van der Waals surface area contributed by atoms with Crippen LogP contribution in [0.1, 0.15) is 52.9 Å². The zero-order valence-electron chi connectivity index (χ0n) is 11.6. The third-order valence-electron chi connectivity index (χ3n) is 4.01. The normalized spacial score (nSPS) is 19.9. The lowest BCUT2D eigenvalue weighted by Gasteiger charge is -2.33. The van der Waals surface area contributed by atoms with E-state index in [2.05, 4.69) is 38.0 Å². The topological polar surface area (TPSA) is 15.3 Å². The molecule has 0 aromatic carbocycles. The average Bonchev–Trinajstić information content (AvgIpc) is 2.77. The fourth-order valence-corrected chi connectivity index (χ4v) is 2.94. The summed E-state index contributed by atoms with van der Waals surface area (Å²) < 4.78 is 0. The van der Waals surface area contributed by atoms with Crippen molar-refractivity contribution >= 4 is 0 Å². The largest absolute Gasteiger partial charge is 0.315 e. The van der Waals surface area contributed by atoms with Gasteiger partial charge in [-0.05, 0) is 52.6 Å². The summed E-state index contributed by atoms with van der Waals surface area (Å²) in [6, 6.07) is 1.38. The third kappa shape index (κ3) is 4.06. The second kappa shape index (κ2) is 7.29. The fraction of sp³-hybridized carbons (Fsp3) is 1.00. The molecule has 0 amide bonds. The summed E-state index contributed by atoms with van der Waals surface area (Å²) in [7, 11) is 2.13. The highest BCUT2D eigenvalue weighted by Gasteiger charge is 2.25. The number of hydrogen-bond donors (Lipinski definition) is 1. The molecule has 2 nitrogen and oxygen atoms in total. The van der Waals surface area contributed by atoms with E-state index in [0.717, 1.165) is 5.92 Å². The molecule has 1 atom stereocenters. The second-order valence-corrected chi connectivity index (χ2v) is 5.53. The van der Waals surface area contributed by atoms with Crippen molar-refractivity contribution in [3.63, 3.8) is 0 Å². The Morgan fingerprint density at radius 1 is 1.25 bits per heavy atom. The molecule has 1 N–H and O–H groups in total. The van der Waals surface area contributed by atoms with E-state index in [1.54, 1.807) is 0 Å². The van der Waals surface area contributed by atoms with Crippen molar-refractivity contribution in [3.05, 3.63) is 0 Å². The van der Waals surface area contributed by atoms with E-state index in [4.69, 9.17) is 0 Å². The molecule has 1 fully saturated rings. The molecular formula is C14H30N2. The van der Waals surface area contributed by atoms with Gasteiger partial charge >= 0.3 is 0 Å². The van der Waals surface area contributed by atoms with Crippen LogP contribution in [0.4, 0.5) is 0 Å². The molecule has 1 unspecified atom stereocenters. The first kappa shape index (κ1) is 14.0. The highest BCUT2D eigenvalue weighted by molar-refractivity contribution is 4.83. The summed E-state index contributed by atoms with van der Waals surface area (Å²) in [5.74, 6) is 0.920. The van der Waals surface area contributed by atoms with Crippen LogP contribution in [0, 0.1) is 5.92 Å². The van der Waals surface area contributed by atoms with Gasteiger partial charge in [0, 0.05) is 18.6 Å². The molecule has 1 aliphatic rings. The van der Waals surface area contributed by atoms with E-state index in [0.29, 0.717) is 12.1 Å². The molecule has 0 spiro atoms. The molecule has 0 saturated heterocycles. The van der Waals surface area contributed by atoms with Gasteiger partial charge in [-0.15, -0.1) is 0 Å². The van der Waals surface area contributed by atoms with Crippen LogP contribution in [0.3, 0.4) is 0 Å². The number of hydrogen-bond acceptors (Lipinski definition) is 2. The number of likely N-dealkylation sites (N-methyl/N-ethyl adjacent to an activating group) is 1. The van der Waals surface area contributed by atoms with Crippen LogP contribution in [-0.4, -0.2) is 37.1 Å². The molecule has 0 aliphatic heterocycles. The minimum Gasteiger partial charge on any atom is -0.315 e. The van der Waals surface area contributed by atoms with Gasteiger partial charge in [-0.3, -0.25) is 4.90 Å². The van der Waals surface area contributed by atoms with Gasteiger partial charge in [0.15, 0.2) is 0 Å². The van der Waals surface area contributed by atoms with Crippen molar-refractivity contribution in [2.24, 2.45) is 5.92 Å². The summed E-state index contributed by atoms with van der Waals surface area (Å²) in [5.41, 5.74) is 0. The predicted octanol–water partition coefficient (Wildman–Crippen LogP) is 2.89. The summed E-state index contributed by atoms with van der Waals surface area (Å²) in [4.78, 5) is 2.62. The molecule has 1 rings (SSSR count). The second-order valence-electron chi connectivity index (χ2n) is 5.53.